The van der Waals surface area contributed by atoms with Crippen LogP contribution in [-0.4, -0.2) is 6.17 Å². The molecular formula is C23H41F. The summed E-state index contributed by atoms with van der Waals surface area (Å²) in [5.41, 5.74) is 0. The Bertz CT molecular complexity index is 349. The van der Waals surface area contributed by atoms with Crippen molar-refractivity contribution in [1.29, 1.82) is 0 Å². The molecule has 0 N–H and O–H groups in total. The molecule has 0 aliphatic heterocycles. The van der Waals surface area contributed by atoms with Gasteiger partial charge in [-0.1, -0.05) is 58.8 Å². The average Bonchev–Trinajstić information content (AvgIpc) is 2.63. The van der Waals surface area contributed by atoms with Crippen LogP contribution in [0, 0.1) is 35.5 Å². The largest absolute Gasteiger partial charge is 0.247 e. The van der Waals surface area contributed by atoms with Crippen LogP contribution in [0.15, 0.2) is 0 Å². The fourth-order valence-corrected chi connectivity index (χ4v) is 6.51. The van der Waals surface area contributed by atoms with E-state index in [9.17, 15) is 0 Å². The van der Waals surface area contributed by atoms with Crippen molar-refractivity contribution >= 4 is 0 Å². The predicted molar refractivity (Wildman–Crippen MR) is 102 cm³/mol. The lowest BCUT2D eigenvalue weighted by Gasteiger charge is -2.43. The first-order valence-electron chi connectivity index (χ1n) is 11.3. The number of hydrogen-bond acceptors (Lipinski definition) is 0. The Balaban J connectivity index is 1.44. The van der Waals surface area contributed by atoms with Gasteiger partial charge in [0.05, 0.1) is 0 Å². The Hall–Kier alpha value is -0.0700. The van der Waals surface area contributed by atoms with E-state index in [0.717, 1.165) is 24.2 Å². The predicted octanol–water partition coefficient (Wildman–Crippen LogP) is 7.56. The maximum Gasteiger partial charge on any atom is 0.103 e. The molecule has 0 amide bonds. The molecule has 0 aromatic rings. The highest BCUT2D eigenvalue weighted by Crippen LogP contribution is 2.47. The van der Waals surface area contributed by atoms with Crippen molar-refractivity contribution in [3.63, 3.8) is 0 Å². The molecule has 0 radical (unpaired) electrons. The molecule has 0 aromatic carbocycles. The number of rotatable bonds is 5. The molecule has 0 bridgehead atoms. The molecule has 3 fully saturated rings. The van der Waals surface area contributed by atoms with Crippen molar-refractivity contribution < 1.29 is 4.39 Å². The molecule has 0 spiro atoms. The van der Waals surface area contributed by atoms with Crippen molar-refractivity contribution in [1.82, 2.24) is 0 Å². The zero-order chi connectivity index (χ0) is 16.9. The third kappa shape index (κ3) is 4.55. The number of alkyl halides is 1. The molecule has 0 heterocycles. The fraction of sp³-hybridized carbons (Fsp3) is 1.00. The Kier molecular flexibility index (Phi) is 7.05. The molecule has 0 aromatic heterocycles. The van der Waals surface area contributed by atoms with E-state index in [1.54, 1.807) is 0 Å². The second-order valence-corrected chi connectivity index (χ2v) is 9.51. The van der Waals surface area contributed by atoms with Crippen LogP contribution in [-0.2, 0) is 0 Å². The lowest BCUT2D eigenvalue weighted by atomic mass is 9.64. The summed E-state index contributed by atoms with van der Waals surface area (Å²) < 4.78 is 15.0. The van der Waals surface area contributed by atoms with Gasteiger partial charge in [-0.15, -0.1) is 0 Å². The van der Waals surface area contributed by atoms with Crippen molar-refractivity contribution in [3.8, 4) is 0 Å². The first-order chi connectivity index (χ1) is 11.7. The quantitative estimate of drug-likeness (QED) is 0.486. The van der Waals surface area contributed by atoms with Gasteiger partial charge in [-0.25, -0.2) is 4.39 Å². The SMILES string of the molecule is CCCC1CCC(C2CCC(C3CCC(CC)CC3)CC2F)CC1. The number of halogens is 1. The monoisotopic (exact) mass is 336 g/mol. The van der Waals surface area contributed by atoms with E-state index in [1.165, 1.54) is 83.5 Å². The third-order valence-electron chi connectivity index (χ3n) is 8.19. The molecule has 3 atom stereocenters. The molecule has 24 heavy (non-hydrogen) atoms. The standard InChI is InChI=1S/C23H41F/c1-3-5-18-8-12-20(13-9-18)22-15-14-21(16-23(22)24)19-10-6-17(4-2)7-11-19/h17-23H,3-16H2,1-2H3. The molecule has 1 heteroatoms. The van der Waals surface area contributed by atoms with Crippen LogP contribution in [0.3, 0.4) is 0 Å². The lowest BCUT2D eigenvalue weighted by Crippen LogP contribution is -2.36. The van der Waals surface area contributed by atoms with Gasteiger partial charge in [0, 0.05) is 0 Å². The summed E-state index contributed by atoms with van der Waals surface area (Å²) in [5, 5.41) is 0. The molecule has 0 saturated heterocycles. The minimum atomic E-state index is -0.486. The molecule has 0 nitrogen and oxygen atoms in total. The summed E-state index contributed by atoms with van der Waals surface area (Å²) in [5.74, 6) is 4.62. The van der Waals surface area contributed by atoms with Gasteiger partial charge >= 0.3 is 0 Å². The molecule has 3 saturated carbocycles. The van der Waals surface area contributed by atoms with Gasteiger partial charge in [-0.3, -0.25) is 0 Å². The maximum absolute atomic E-state index is 15.0. The van der Waals surface area contributed by atoms with E-state index in [4.69, 9.17) is 0 Å². The normalized spacial score (nSPS) is 44.4. The Labute approximate surface area is 150 Å². The molecule has 3 aliphatic rings. The minimum Gasteiger partial charge on any atom is -0.247 e. The molecular weight excluding hydrogens is 295 g/mol. The first-order valence-corrected chi connectivity index (χ1v) is 11.3. The third-order valence-corrected chi connectivity index (χ3v) is 8.19. The molecule has 3 unspecified atom stereocenters. The Morgan fingerprint density at radius 3 is 1.83 bits per heavy atom. The van der Waals surface area contributed by atoms with E-state index in [1.807, 2.05) is 0 Å². The van der Waals surface area contributed by atoms with E-state index in [-0.39, 0.29) is 0 Å². The molecule has 3 rings (SSSR count). The average molecular weight is 337 g/mol. The van der Waals surface area contributed by atoms with Crippen molar-refractivity contribution in [2.24, 2.45) is 35.5 Å². The zero-order valence-corrected chi connectivity index (χ0v) is 16.3. The smallest absolute Gasteiger partial charge is 0.103 e. The molecule has 140 valence electrons. The minimum absolute atomic E-state index is 0.413. The van der Waals surface area contributed by atoms with Gasteiger partial charge in [-0.2, -0.15) is 0 Å². The summed E-state index contributed by atoms with van der Waals surface area (Å²) in [6.07, 6.45) is 18.1. The Morgan fingerprint density at radius 1 is 0.667 bits per heavy atom. The van der Waals surface area contributed by atoms with Crippen molar-refractivity contribution in [2.45, 2.75) is 110 Å². The summed E-state index contributed by atoms with van der Waals surface area (Å²) in [4.78, 5) is 0. The summed E-state index contributed by atoms with van der Waals surface area (Å²) in [6.45, 7) is 4.64. The van der Waals surface area contributed by atoms with Crippen LogP contribution in [0.25, 0.3) is 0 Å². The van der Waals surface area contributed by atoms with Gasteiger partial charge in [0.25, 0.3) is 0 Å². The van der Waals surface area contributed by atoms with Crippen LogP contribution in [0.2, 0.25) is 0 Å². The summed E-state index contributed by atoms with van der Waals surface area (Å²) >= 11 is 0. The second kappa shape index (κ2) is 9.04. The summed E-state index contributed by atoms with van der Waals surface area (Å²) in [6, 6.07) is 0. The van der Waals surface area contributed by atoms with E-state index < -0.39 is 6.17 Å². The van der Waals surface area contributed by atoms with Gasteiger partial charge in [-0.05, 0) is 80.5 Å². The Morgan fingerprint density at radius 2 is 1.25 bits per heavy atom. The van der Waals surface area contributed by atoms with Crippen molar-refractivity contribution in [2.75, 3.05) is 0 Å². The van der Waals surface area contributed by atoms with Crippen LogP contribution >= 0.6 is 0 Å². The highest BCUT2D eigenvalue weighted by molar-refractivity contribution is 4.90. The maximum atomic E-state index is 15.0. The second-order valence-electron chi connectivity index (χ2n) is 9.51. The van der Waals surface area contributed by atoms with Crippen LogP contribution in [0.1, 0.15) is 104 Å². The fourth-order valence-electron chi connectivity index (χ4n) is 6.51. The van der Waals surface area contributed by atoms with E-state index >= 15 is 4.39 Å². The lowest BCUT2D eigenvalue weighted by molar-refractivity contribution is 0.0328. The topological polar surface area (TPSA) is 0 Å². The first kappa shape index (κ1) is 18.7. The van der Waals surface area contributed by atoms with Gasteiger partial charge in [0.1, 0.15) is 6.17 Å². The molecule has 3 aliphatic carbocycles. The highest BCUT2D eigenvalue weighted by atomic mass is 19.1. The van der Waals surface area contributed by atoms with E-state index in [0.29, 0.717) is 17.8 Å². The van der Waals surface area contributed by atoms with E-state index in [2.05, 4.69) is 13.8 Å². The van der Waals surface area contributed by atoms with Gasteiger partial charge < -0.3 is 0 Å². The van der Waals surface area contributed by atoms with Gasteiger partial charge in [0.2, 0.25) is 0 Å². The zero-order valence-electron chi connectivity index (χ0n) is 16.3. The summed E-state index contributed by atoms with van der Waals surface area (Å²) in [7, 11) is 0. The van der Waals surface area contributed by atoms with Crippen LogP contribution in [0.5, 0.6) is 0 Å². The number of hydrogen-bond donors (Lipinski definition) is 0. The highest BCUT2D eigenvalue weighted by Gasteiger charge is 2.39. The van der Waals surface area contributed by atoms with Crippen molar-refractivity contribution in [3.05, 3.63) is 0 Å². The van der Waals surface area contributed by atoms with Crippen LogP contribution in [0.4, 0.5) is 4.39 Å². The van der Waals surface area contributed by atoms with Gasteiger partial charge in [0.15, 0.2) is 0 Å². The van der Waals surface area contributed by atoms with Crippen LogP contribution < -0.4 is 0 Å².